The zero-order chi connectivity index (χ0) is 24.6. The number of aliphatic hydroxyl groups is 1. The summed E-state index contributed by atoms with van der Waals surface area (Å²) in [5, 5.41) is 13.4. The fraction of sp³-hybridized carbons (Fsp3) is 0.407. The molecule has 3 aliphatic rings. The molecule has 2 aliphatic heterocycles. The SMILES string of the molecule is Cc1cn2c(nc1=O)OC13O[C@H](CO[Si](c4ccccc4)(c4ccccc4)C(C)(C)C)C(O)[C@@H]1[C@H]23. The molecule has 2 unspecified atom stereocenters. The Hall–Kier alpha value is -2.78. The Morgan fingerprint density at radius 1 is 1.09 bits per heavy atom. The number of aryl methyl sites for hydroxylation is 1. The molecule has 182 valence electrons. The van der Waals surface area contributed by atoms with Crippen LogP contribution in [0.15, 0.2) is 71.7 Å². The molecular weight excluding hydrogens is 460 g/mol. The van der Waals surface area contributed by atoms with Crippen molar-refractivity contribution in [3.05, 3.63) is 82.8 Å². The molecule has 1 aromatic heterocycles. The summed E-state index contributed by atoms with van der Waals surface area (Å²) in [6, 6.07) is 20.9. The van der Waals surface area contributed by atoms with Crippen LogP contribution in [0.3, 0.4) is 0 Å². The van der Waals surface area contributed by atoms with Crippen molar-refractivity contribution in [1.82, 2.24) is 9.55 Å². The van der Waals surface area contributed by atoms with E-state index in [2.05, 4.69) is 74.3 Å². The van der Waals surface area contributed by atoms with Gasteiger partial charge in [0, 0.05) is 11.8 Å². The number of hydrogen-bond acceptors (Lipinski definition) is 6. The second-order valence-corrected chi connectivity index (χ2v) is 15.1. The summed E-state index contributed by atoms with van der Waals surface area (Å²) in [7, 11) is -2.76. The summed E-state index contributed by atoms with van der Waals surface area (Å²) in [5.41, 5.74) is 0.232. The Balaban J connectivity index is 1.30. The first kappa shape index (κ1) is 22.7. The number of aromatic nitrogens is 2. The van der Waals surface area contributed by atoms with Crippen molar-refractivity contribution in [2.45, 2.75) is 56.8 Å². The molecular formula is C27H30N2O5Si. The van der Waals surface area contributed by atoms with Crippen LogP contribution in [0.5, 0.6) is 6.01 Å². The van der Waals surface area contributed by atoms with E-state index >= 15 is 0 Å². The lowest BCUT2D eigenvalue weighted by atomic mass is 10.1. The van der Waals surface area contributed by atoms with Gasteiger partial charge in [0.1, 0.15) is 12.1 Å². The quantitative estimate of drug-likeness (QED) is 0.552. The normalized spacial score (nSPS) is 28.7. The molecule has 2 aromatic carbocycles. The molecule has 3 aromatic rings. The predicted molar refractivity (Wildman–Crippen MR) is 134 cm³/mol. The highest BCUT2D eigenvalue weighted by atomic mass is 28.4. The van der Waals surface area contributed by atoms with Gasteiger partial charge in [0.25, 0.3) is 13.9 Å². The van der Waals surface area contributed by atoms with Gasteiger partial charge in [-0.3, -0.25) is 9.36 Å². The maximum atomic E-state index is 12.0. The van der Waals surface area contributed by atoms with Gasteiger partial charge in [0.15, 0.2) is 0 Å². The van der Waals surface area contributed by atoms with Gasteiger partial charge in [-0.1, -0.05) is 81.4 Å². The lowest BCUT2D eigenvalue weighted by Gasteiger charge is -2.43. The molecule has 0 amide bonds. The second-order valence-electron chi connectivity index (χ2n) is 10.8. The van der Waals surface area contributed by atoms with Crippen LogP contribution in [0.2, 0.25) is 5.04 Å². The van der Waals surface area contributed by atoms with Crippen LogP contribution >= 0.6 is 0 Å². The van der Waals surface area contributed by atoms with Gasteiger partial charge >= 0.3 is 6.01 Å². The number of rotatable bonds is 5. The number of aliphatic hydroxyl groups excluding tert-OH is 1. The van der Waals surface area contributed by atoms with Crippen LogP contribution < -0.4 is 20.7 Å². The van der Waals surface area contributed by atoms with Crippen LogP contribution in [-0.4, -0.2) is 47.6 Å². The third-order valence-electron chi connectivity index (χ3n) is 7.71. The van der Waals surface area contributed by atoms with E-state index in [4.69, 9.17) is 13.9 Å². The van der Waals surface area contributed by atoms with E-state index in [9.17, 15) is 9.90 Å². The number of hydrogen-bond donors (Lipinski definition) is 1. The fourth-order valence-corrected chi connectivity index (χ4v) is 10.6. The monoisotopic (exact) mass is 490 g/mol. The minimum atomic E-state index is -2.76. The van der Waals surface area contributed by atoms with E-state index in [1.54, 1.807) is 13.1 Å². The number of fused-ring (bicyclic) bond motifs is 3. The third-order valence-corrected chi connectivity index (χ3v) is 12.7. The summed E-state index contributed by atoms with van der Waals surface area (Å²) >= 11 is 0. The highest BCUT2D eigenvalue weighted by Crippen LogP contribution is 2.68. The molecule has 0 radical (unpaired) electrons. The highest BCUT2D eigenvalue weighted by Gasteiger charge is 2.82. The molecule has 1 spiro atoms. The average Bonchev–Trinajstić information content (AvgIpc) is 3.23. The van der Waals surface area contributed by atoms with Crippen molar-refractivity contribution >= 4 is 18.7 Å². The Morgan fingerprint density at radius 3 is 2.26 bits per heavy atom. The minimum Gasteiger partial charge on any atom is -0.429 e. The topological polar surface area (TPSA) is 82.8 Å². The molecule has 1 saturated carbocycles. The number of ether oxygens (including phenoxy) is 2. The van der Waals surface area contributed by atoms with Crippen molar-refractivity contribution in [2.24, 2.45) is 5.92 Å². The Bertz CT molecular complexity index is 1280. The largest absolute Gasteiger partial charge is 0.429 e. The summed E-state index contributed by atoms with van der Waals surface area (Å²) in [6.07, 6.45) is 0.457. The van der Waals surface area contributed by atoms with Gasteiger partial charge in [-0.15, -0.1) is 0 Å². The van der Waals surface area contributed by atoms with Gasteiger partial charge in [0.05, 0.1) is 18.6 Å². The predicted octanol–water partition coefficient (Wildman–Crippen LogP) is 2.15. The van der Waals surface area contributed by atoms with Crippen LogP contribution in [0.4, 0.5) is 0 Å². The van der Waals surface area contributed by atoms with Crippen molar-refractivity contribution in [3.63, 3.8) is 0 Å². The van der Waals surface area contributed by atoms with Gasteiger partial charge in [-0.2, -0.15) is 4.98 Å². The standard InChI is InChI=1S/C27H30N2O5Si/c1-17-15-29-23-21-22(30)20(33-27(21,23)34-25(29)28-24(17)31)16-32-35(26(2,3)4,18-11-7-5-8-12-18)19-13-9-6-10-14-19/h5-15,20-23,30H,16H2,1-4H3/t20-,21-,22?,23+,27?/m1/s1. The first-order chi connectivity index (χ1) is 16.7. The van der Waals surface area contributed by atoms with E-state index < -0.39 is 26.3 Å². The van der Waals surface area contributed by atoms with E-state index in [0.29, 0.717) is 5.56 Å². The maximum absolute atomic E-state index is 12.0. The Morgan fingerprint density at radius 2 is 1.69 bits per heavy atom. The van der Waals surface area contributed by atoms with Gasteiger partial charge < -0.3 is 19.0 Å². The van der Waals surface area contributed by atoms with Crippen molar-refractivity contribution in [3.8, 4) is 6.01 Å². The molecule has 0 bridgehead atoms. The Kier molecular flexibility index (Phi) is 4.93. The van der Waals surface area contributed by atoms with Crippen LogP contribution in [0.25, 0.3) is 0 Å². The molecule has 1 aliphatic carbocycles. The first-order valence-corrected chi connectivity index (χ1v) is 14.0. The van der Waals surface area contributed by atoms with Crippen molar-refractivity contribution < 1.29 is 19.0 Å². The smallest absolute Gasteiger partial charge is 0.302 e. The molecule has 35 heavy (non-hydrogen) atoms. The molecule has 7 nitrogen and oxygen atoms in total. The Labute approximate surface area is 205 Å². The highest BCUT2D eigenvalue weighted by molar-refractivity contribution is 6.99. The van der Waals surface area contributed by atoms with Crippen molar-refractivity contribution in [2.75, 3.05) is 6.61 Å². The lowest BCUT2D eigenvalue weighted by molar-refractivity contribution is -0.134. The number of benzene rings is 2. The molecule has 5 atom stereocenters. The molecule has 2 fully saturated rings. The van der Waals surface area contributed by atoms with Crippen molar-refractivity contribution in [1.29, 1.82) is 0 Å². The van der Waals surface area contributed by atoms with E-state index in [1.165, 1.54) is 10.4 Å². The molecule has 1 N–H and O–H groups in total. The van der Waals surface area contributed by atoms with Gasteiger partial charge in [0.2, 0.25) is 5.79 Å². The molecule has 1 saturated heterocycles. The van der Waals surface area contributed by atoms with Crippen LogP contribution in [0.1, 0.15) is 32.4 Å². The van der Waals surface area contributed by atoms with E-state index in [0.717, 1.165) is 0 Å². The molecule has 3 heterocycles. The van der Waals surface area contributed by atoms with E-state index in [-0.39, 0.29) is 35.2 Å². The van der Waals surface area contributed by atoms with Gasteiger partial charge in [-0.05, 0) is 22.3 Å². The summed E-state index contributed by atoms with van der Waals surface area (Å²) in [4.78, 5) is 16.0. The van der Waals surface area contributed by atoms with Gasteiger partial charge in [-0.25, -0.2) is 0 Å². The average molecular weight is 491 g/mol. The maximum Gasteiger partial charge on any atom is 0.302 e. The zero-order valence-electron chi connectivity index (χ0n) is 20.3. The fourth-order valence-electron chi connectivity index (χ4n) is 6.05. The molecule has 6 rings (SSSR count). The third kappa shape index (κ3) is 3.13. The summed E-state index contributed by atoms with van der Waals surface area (Å²) in [5.74, 6) is -1.19. The van der Waals surface area contributed by atoms with Crippen LogP contribution in [0, 0.1) is 12.8 Å². The van der Waals surface area contributed by atoms with Crippen LogP contribution in [-0.2, 0) is 9.16 Å². The number of nitrogens with zero attached hydrogens (tertiary/aromatic N) is 2. The molecule has 8 heteroatoms. The first-order valence-electron chi connectivity index (χ1n) is 12.1. The zero-order valence-corrected chi connectivity index (χ0v) is 21.3. The van der Waals surface area contributed by atoms with E-state index in [1.807, 2.05) is 16.7 Å². The summed E-state index contributed by atoms with van der Waals surface area (Å²) < 4.78 is 21.2. The second kappa shape index (κ2) is 7.61. The summed E-state index contributed by atoms with van der Waals surface area (Å²) in [6.45, 7) is 8.63. The lowest BCUT2D eigenvalue weighted by Crippen LogP contribution is -2.67. The minimum absolute atomic E-state index is 0.176.